The second-order valence-electron chi connectivity index (χ2n) is 12.2. The van der Waals surface area contributed by atoms with E-state index >= 15 is 0 Å². The largest absolute Gasteiger partial charge is 0.466 e. The first-order chi connectivity index (χ1) is 22.0. The van der Waals surface area contributed by atoms with Crippen LogP contribution in [0.15, 0.2) is 95.5 Å². The smallest absolute Gasteiger partial charge is 0.315 e. The van der Waals surface area contributed by atoms with E-state index in [-0.39, 0.29) is 24.2 Å². The van der Waals surface area contributed by atoms with E-state index in [0.717, 1.165) is 75.1 Å². The van der Waals surface area contributed by atoms with E-state index in [4.69, 9.17) is 14.2 Å². The number of likely N-dealkylation sites (tertiary alicyclic amines) is 2. The summed E-state index contributed by atoms with van der Waals surface area (Å²) < 4.78 is 10.6. The van der Waals surface area contributed by atoms with Crippen molar-refractivity contribution in [1.29, 1.82) is 0 Å². The second-order valence-corrected chi connectivity index (χ2v) is 12.2. The standard InChI is InChI=1S/C37H42N4O4/c1-2-44-33(42)28-32-38-34(39-45-32)36(29-14-6-3-7-15-29)20-25-40(26-21-36)27-22-37(30-16-8-4-9-17-30,31-18-10-5-11-19-31)35(43)41-23-12-13-24-41/h3-11,14-19H,2,12-13,20-28H2,1H3. The van der Waals surface area contributed by atoms with Crippen LogP contribution in [0.1, 0.15) is 67.4 Å². The number of benzene rings is 3. The summed E-state index contributed by atoms with van der Waals surface area (Å²) in [4.78, 5) is 35.9. The van der Waals surface area contributed by atoms with Crippen molar-refractivity contribution in [3.8, 4) is 0 Å². The number of esters is 1. The van der Waals surface area contributed by atoms with Crippen molar-refractivity contribution in [2.75, 3.05) is 39.3 Å². The van der Waals surface area contributed by atoms with Gasteiger partial charge in [0.15, 0.2) is 5.82 Å². The summed E-state index contributed by atoms with van der Waals surface area (Å²) in [6.07, 6.45) is 4.33. The number of carbonyl (C=O) groups excluding carboxylic acids is 2. The molecule has 0 N–H and O–H groups in total. The molecule has 6 rings (SSSR count). The van der Waals surface area contributed by atoms with Crippen LogP contribution in [0.4, 0.5) is 0 Å². The topological polar surface area (TPSA) is 88.8 Å². The van der Waals surface area contributed by atoms with Gasteiger partial charge in [0.25, 0.3) is 0 Å². The van der Waals surface area contributed by atoms with E-state index in [1.54, 1.807) is 6.92 Å². The molecule has 2 aliphatic rings. The molecule has 0 unspecified atom stereocenters. The van der Waals surface area contributed by atoms with Crippen molar-refractivity contribution in [3.63, 3.8) is 0 Å². The van der Waals surface area contributed by atoms with Gasteiger partial charge in [0.2, 0.25) is 11.8 Å². The molecule has 4 aromatic rings. The number of ether oxygens (including phenoxy) is 1. The molecule has 1 aromatic heterocycles. The number of hydrogen-bond acceptors (Lipinski definition) is 7. The predicted molar refractivity (Wildman–Crippen MR) is 172 cm³/mol. The van der Waals surface area contributed by atoms with Crippen LogP contribution in [0.25, 0.3) is 0 Å². The maximum absolute atomic E-state index is 14.6. The number of rotatable bonds is 11. The molecule has 1 amide bonds. The third-order valence-corrected chi connectivity index (χ3v) is 9.63. The van der Waals surface area contributed by atoms with Crippen LogP contribution < -0.4 is 0 Å². The van der Waals surface area contributed by atoms with Crippen molar-refractivity contribution in [3.05, 3.63) is 119 Å². The van der Waals surface area contributed by atoms with Gasteiger partial charge in [-0.15, -0.1) is 0 Å². The Morgan fingerprint density at radius 2 is 1.42 bits per heavy atom. The van der Waals surface area contributed by atoms with Crippen LogP contribution in [0, 0.1) is 0 Å². The number of amides is 1. The summed E-state index contributed by atoms with van der Waals surface area (Å²) in [5.41, 5.74) is 2.03. The van der Waals surface area contributed by atoms with E-state index in [1.165, 1.54) is 0 Å². The average molecular weight is 607 g/mol. The monoisotopic (exact) mass is 606 g/mol. The van der Waals surface area contributed by atoms with E-state index in [1.807, 2.05) is 54.6 Å². The Kier molecular flexibility index (Phi) is 9.40. The lowest BCUT2D eigenvalue weighted by Gasteiger charge is -2.42. The highest BCUT2D eigenvalue weighted by atomic mass is 16.5. The molecule has 0 atom stereocenters. The van der Waals surface area contributed by atoms with Gasteiger partial charge in [-0.05, 0) is 75.4 Å². The predicted octanol–water partition coefficient (Wildman–Crippen LogP) is 5.56. The summed E-state index contributed by atoms with van der Waals surface area (Å²) in [5, 5.41) is 4.40. The van der Waals surface area contributed by atoms with Crippen molar-refractivity contribution in [2.45, 2.75) is 56.3 Å². The van der Waals surface area contributed by atoms with Gasteiger partial charge in [-0.1, -0.05) is 96.2 Å². The third-order valence-electron chi connectivity index (χ3n) is 9.63. The lowest BCUT2D eigenvalue weighted by Crippen LogP contribution is -2.50. The SMILES string of the molecule is CCOC(=O)Cc1nc(C2(c3ccccc3)CCN(CCC(C(=O)N3CCCC3)(c3ccccc3)c3ccccc3)CC2)no1. The van der Waals surface area contributed by atoms with Gasteiger partial charge in [-0.3, -0.25) is 9.59 Å². The summed E-state index contributed by atoms with van der Waals surface area (Å²) in [6, 6.07) is 31.0. The van der Waals surface area contributed by atoms with Gasteiger partial charge in [0, 0.05) is 13.1 Å². The molecule has 234 valence electrons. The first kappa shape index (κ1) is 30.7. The lowest BCUT2D eigenvalue weighted by atomic mass is 9.70. The Hall–Kier alpha value is -4.30. The third kappa shape index (κ3) is 6.29. The van der Waals surface area contributed by atoms with Crippen LogP contribution in [-0.4, -0.2) is 71.1 Å². The number of hydrogen-bond donors (Lipinski definition) is 0. The van der Waals surface area contributed by atoms with E-state index in [9.17, 15) is 9.59 Å². The molecule has 2 aliphatic heterocycles. The Bertz CT molecular complexity index is 1500. The molecule has 0 saturated carbocycles. The molecular weight excluding hydrogens is 564 g/mol. The fourth-order valence-corrected chi connectivity index (χ4v) is 7.18. The molecule has 2 fully saturated rings. The highest BCUT2D eigenvalue weighted by Crippen LogP contribution is 2.42. The van der Waals surface area contributed by atoms with Crippen LogP contribution in [0.3, 0.4) is 0 Å². The first-order valence-electron chi connectivity index (χ1n) is 16.2. The van der Waals surface area contributed by atoms with Gasteiger partial charge in [0.1, 0.15) is 11.8 Å². The first-order valence-corrected chi connectivity index (χ1v) is 16.2. The van der Waals surface area contributed by atoms with Crippen LogP contribution in [-0.2, 0) is 31.6 Å². The van der Waals surface area contributed by atoms with E-state index in [2.05, 4.69) is 51.4 Å². The zero-order chi connectivity index (χ0) is 31.1. The normalized spacial score (nSPS) is 16.9. The number of piperidine rings is 1. The molecule has 8 heteroatoms. The highest BCUT2D eigenvalue weighted by molar-refractivity contribution is 5.92. The molecule has 0 radical (unpaired) electrons. The second kappa shape index (κ2) is 13.8. The van der Waals surface area contributed by atoms with E-state index < -0.39 is 10.8 Å². The Morgan fingerprint density at radius 3 is 2.00 bits per heavy atom. The summed E-state index contributed by atoms with van der Waals surface area (Å²) >= 11 is 0. The maximum atomic E-state index is 14.6. The zero-order valence-corrected chi connectivity index (χ0v) is 26.1. The van der Waals surface area contributed by atoms with Gasteiger partial charge in [-0.25, -0.2) is 0 Å². The summed E-state index contributed by atoms with van der Waals surface area (Å²) in [7, 11) is 0. The van der Waals surface area contributed by atoms with Gasteiger partial charge in [-0.2, -0.15) is 4.98 Å². The van der Waals surface area contributed by atoms with Crippen molar-refractivity contribution >= 4 is 11.9 Å². The Labute approximate surface area is 265 Å². The number of carbonyl (C=O) groups is 2. The fraction of sp³-hybridized carbons (Fsp3) is 0.405. The van der Waals surface area contributed by atoms with Crippen LogP contribution in [0.2, 0.25) is 0 Å². The van der Waals surface area contributed by atoms with Crippen molar-refractivity contribution in [2.24, 2.45) is 0 Å². The maximum Gasteiger partial charge on any atom is 0.315 e. The average Bonchev–Trinajstić information content (AvgIpc) is 3.80. The molecule has 8 nitrogen and oxygen atoms in total. The number of nitrogens with zero attached hydrogens (tertiary/aromatic N) is 4. The highest BCUT2D eigenvalue weighted by Gasteiger charge is 2.46. The number of aromatic nitrogens is 2. The zero-order valence-electron chi connectivity index (χ0n) is 26.1. The summed E-state index contributed by atoms with van der Waals surface area (Å²) in [6.45, 7) is 6.11. The minimum atomic E-state index is -0.767. The Balaban J connectivity index is 1.26. The van der Waals surface area contributed by atoms with E-state index in [0.29, 0.717) is 18.9 Å². The van der Waals surface area contributed by atoms with Crippen molar-refractivity contribution in [1.82, 2.24) is 19.9 Å². The molecular formula is C37H42N4O4. The molecule has 45 heavy (non-hydrogen) atoms. The van der Waals surface area contributed by atoms with Gasteiger partial charge < -0.3 is 19.1 Å². The summed E-state index contributed by atoms with van der Waals surface area (Å²) in [5.74, 6) is 0.714. The molecule has 3 heterocycles. The van der Waals surface area contributed by atoms with Gasteiger partial charge in [0.05, 0.1) is 12.0 Å². The lowest BCUT2D eigenvalue weighted by molar-refractivity contribution is -0.142. The minimum absolute atomic E-state index is 0.0378. The Morgan fingerprint density at radius 1 is 0.844 bits per heavy atom. The van der Waals surface area contributed by atoms with Crippen molar-refractivity contribution < 1.29 is 18.8 Å². The quantitative estimate of drug-likeness (QED) is 0.207. The van der Waals surface area contributed by atoms with Crippen LogP contribution >= 0.6 is 0 Å². The molecule has 2 saturated heterocycles. The fourth-order valence-electron chi connectivity index (χ4n) is 7.18. The molecule has 0 aliphatic carbocycles. The molecule has 0 spiro atoms. The van der Waals surface area contributed by atoms with Crippen LogP contribution in [0.5, 0.6) is 0 Å². The minimum Gasteiger partial charge on any atom is -0.466 e. The van der Waals surface area contributed by atoms with Gasteiger partial charge >= 0.3 is 5.97 Å². The molecule has 0 bridgehead atoms. The molecule has 3 aromatic carbocycles.